The highest BCUT2D eigenvalue weighted by molar-refractivity contribution is 8.76. The van der Waals surface area contributed by atoms with E-state index in [0.29, 0.717) is 24.0 Å². The Labute approximate surface area is 429 Å². The van der Waals surface area contributed by atoms with Gasteiger partial charge in [0.1, 0.15) is 36.1 Å². The van der Waals surface area contributed by atoms with Gasteiger partial charge in [0.05, 0.1) is 30.3 Å². The number of aromatic nitrogens is 1. The zero-order valence-electron chi connectivity index (χ0n) is 40.4. The number of aromatic amines is 1. The lowest BCUT2D eigenvalue weighted by atomic mass is 10.00. The number of carboxylic acid groups (broad SMARTS) is 1. The Hall–Kier alpha value is -6.25. The van der Waals surface area contributed by atoms with Crippen LogP contribution in [0.1, 0.15) is 49.8 Å². The van der Waals surface area contributed by atoms with Gasteiger partial charge in [-0.15, -0.1) is 0 Å². The van der Waals surface area contributed by atoms with E-state index >= 15 is 0 Å². The third-order valence-electron chi connectivity index (χ3n) is 12.0. The quantitative estimate of drug-likeness (QED) is 0.0436. The van der Waals surface area contributed by atoms with E-state index in [-0.39, 0.29) is 49.5 Å². The van der Waals surface area contributed by atoms with E-state index in [2.05, 4.69) is 42.2 Å². The Morgan fingerprint density at radius 2 is 1.45 bits per heavy atom. The summed E-state index contributed by atoms with van der Waals surface area (Å²) < 4.78 is 0. The highest BCUT2D eigenvalue weighted by atomic mass is 33.1. The molecule has 396 valence electrons. The van der Waals surface area contributed by atoms with Crippen LogP contribution in [0.4, 0.5) is 0 Å². The maximum Gasteiger partial charge on any atom is 0.328 e. The molecule has 1 unspecified atom stereocenters. The number of unbranched alkanes of at least 4 members (excludes halogenated alkanes) is 1. The number of aliphatic hydroxyl groups is 3. The van der Waals surface area contributed by atoms with Gasteiger partial charge in [-0.2, -0.15) is 0 Å². The standard InChI is InChI=1S/C49H66N10O12S2/c1-26(60)40-48(69)57-39(47(68)59-41(27(2)61)49(70)71)25-73-72-24-38(56-42(63)33(51)20-28-10-4-3-5-11-28)46(67)54-36(21-29-15-17-31(62)18-16-29)44(65)55-37(22-30-23-52-34-13-7-6-12-32(30)34)45(66)53-35(43(64)58-40)14-8-9-19-50/h3-7,10-13,15-18,23,26-27,33,35-41,44,52,55,60-62,65H,8-9,14,19-22,24-25,50-51H2,1-2H3,(H,53,66)(H,54,67)(H,56,63)(H,57,69)(H,58,64)(H,59,68)(H,70,71)/t26-,27-,33-,35+,36+,37-,38+,39+,40+,41+,44?/m1/s1. The Morgan fingerprint density at radius 1 is 0.781 bits per heavy atom. The van der Waals surface area contributed by atoms with E-state index in [0.717, 1.165) is 45.0 Å². The summed E-state index contributed by atoms with van der Waals surface area (Å²) in [6, 6.07) is 10.7. The van der Waals surface area contributed by atoms with Crippen molar-refractivity contribution in [2.75, 3.05) is 18.1 Å². The number of benzene rings is 3. The molecule has 4 aromatic rings. The number of phenols is 1. The molecule has 22 nitrogen and oxygen atoms in total. The summed E-state index contributed by atoms with van der Waals surface area (Å²) in [5, 5.41) is 72.3. The van der Waals surface area contributed by atoms with Gasteiger partial charge in [-0.1, -0.05) is 82.3 Å². The zero-order chi connectivity index (χ0) is 53.2. The SMILES string of the molecule is C[C@@H](O)[C@H](NC(=O)[C@@H]1CSSC[C@H](NC(=O)[C@H](N)Cc2ccccc2)C(=O)N[C@@H](Cc2ccc(O)cc2)C(O)N[C@H](Cc2c[nH]c3ccccc23)C(=O)N[C@@H](CCCCN)C(=O)N[C@@H]([C@@H](C)O)C(=O)N1)C(=O)O. The number of phenolic OH excluding ortho intramolecular Hbond substituents is 1. The van der Waals surface area contributed by atoms with Crippen molar-refractivity contribution in [3.63, 3.8) is 0 Å². The Bertz CT molecular complexity index is 2480. The highest BCUT2D eigenvalue weighted by Crippen LogP contribution is 2.25. The number of nitrogens with one attached hydrogen (secondary N) is 8. The molecule has 0 saturated carbocycles. The molecule has 0 spiro atoms. The van der Waals surface area contributed by atoms with E-state index < -0.39 is 108 Å². The molecule has 1 saturated heterocycles. The number of para-hydroxylation sites is 1. The van der Waals surface area contributed by atoms with Gasteiger partial charge < -0.3 is 73.9 Å². The molecule has 1 aliphatic rings. The van der Waals surface area contributed by atoms with Crippen LogP contribution in [-0.2, 0) is 52.8 Å². The number of nitrogens with two attached hydrogens (primary N) is 2. The third-order valence-corrected chi connectivity index (χ3v) is 14.5. The topological polar surface area (TPSA) is 373 Å². The summed E-state index contributed by atoms with van der Waals surface area (Å²) in [5.41, 5.74) is 14.8. The second-order valence-electron chi connectivity index (χ2n) is 17.8. The van der Waals surface area contributed by atoms with Gasteiger partial charge in [-0.05, 0) is 93.8 Å². The first-order chi connectivity index (χ1) is 34.8. The van der Waals surface area contributed by atoms with Crippen molar-refractivity contribution in [1.29, 1.82) is 0 Å². The Balaban J connectivity index is 1.58. The van der Waals surface area contributed by atoms with Gasteiger partial charge in [-0.25, -0.2) is 4.79 Å². The first kappa shape index (κ1) is 57.6. The molecule has 1 fully saturated rings. The number of hydrogen-bond donors (Lipinski definition) is 15. The zero-order valence-corrected chi connectivity index (χ0v) is 42.0. The summed E-state index contributed by atoms with van der Waals surface area (Å²) in [6.45, 7) is 2.59. The Kier molecular flexibility index (Phi) is 22.3. The van der Waals surface area contributed by atoms with Gasteiger partial charge in [-0.3, -0.25) is 34.1 Å². The molecular weight excluding hydrogens is 985 g/mol. The largest absolute Gasteiger partial charge is 0.508 e. The molecule has 11 atom stereocenters. The fraction of sp³-hybridized carbons (Fsp3) is 0.449. The van der Waals surface area contributed by atoms with Crippen LogP contribution in [0.5, 0.6) is 5.75 Å². The van der Waals surface area contributed by atoms with Crippen LogP contribution in [-0.4, -0.2) is 157 Å². The van der Waals surface area contributed by atoms with Crippen LogP contribution in [0.15, 0.2) is 85.1 Å². The van der Waals surface area contributed by atoms with E-state index in [1.807, 2.05) is 24.3 Å². The molecule has 0 aliphatic carbocycles. The van der Waals surface area contributed by atoms with Crippen molar-refractivity contribution in [3.8, 4) is 5.75 Å². The van der Waals surface area contributed by atoms with Gasteiger partial charge in [0, 0.05) is 28.6 Å². The number of rotatable bonds is 17. The summed E-state index contributed by atoms with van der Waals surface area (Å²) in [5.74, 6) is -7.49. The fourth-order valence-electron chi connectivity index (χ4n) is 7.92. The monoisotopic (exact) mass is 1050 g/mol. The van der Waals surface area contributed by atoms with Crippen LogP contribution < -0.4 is 48.7 Å². The average Bonchev–Trinajstić information content (AvgIpc) is 3.76. The first-order valence-corrected chi connectivity index (χ1v) is 26.3. The van der Waals surface area contributed by atoms with E-state index in [9.17, 15) is 59.1 Å². The van der Waals surface area contributed by atoms with Crippen molar-refractivity contribution in [2.45, 2.75) is 119 Å². The number of aliphatic carboxylic acids is 1. The molecule has 0 bridgehead atoms. The highest BCUT2D eigenvalue weighted by Gasteiger charge is 2.37. The van der Waals surface area contributed by atoms with Crippen molar-refractivity contribution in [3.05, 3.63) is 102 Å². The predicted molar refractivity (Wildman–Crippen MR) is 275 cm³/mol. The number of H-pyrrole nitrogens is 1. The molecule has 73 heavy (non-hydrogen) atoms. The molecular formula is C49H66N10O12S2. The number of amides is 6. The minimum absolute atomic E-state index is 0.00173. The van der Waals surface area contributed by atoms with Gasteiger partial charge >= 0.3 is 5.97 Å². The van der Waals surface area contributed by atoms with Crippen molar-refractivity contribution >= 4 is 73.9 Å². The number of carboxylic acids is 1. The van der Waals surface area contributed by atoms with Crippen LogP contribution in [0.3, 0.4) is 0 Å². The molecule has 1 aliphatic heterocycles. The van der Waals surface area contributed by atoms with Crippen LogP contribution in [0, 0.1) is 0 Å². The van der Waals surface area contributed by atoms with E-state index in [1.54, 1.807) is 48.7 Å². The van der Waals surface area contributed by atoms with Crippen molar-refractivity contribution < 1.29 is 59.1 Å². The molecule has 1 aromatic heterocycles. The van der Waals surface area contributed by atoms with Crippen LogP contribution in [0.2, 0.25) is 0 Å². The number of carbonyl (C=O) groups excluding carboxylic acids is 6. The van der Waals surface area contributed by atoms with Crippen molar-refractivity contribution in [1.82, 2.24) is 42.2 Å². The first-order valence-electron chi connectivity index (χ1n) is 23.8. The molecule has 5 rings (SSSR count). The fourth-order valence-corrected chi connectivity index (χ4v) is 10.2. The third kappa shape index (κ3) is 17.4. The second kappa shape index (κ2) is 28.3. The number of fused-ring (bicyclic) bond motifs is 1. The lowest BCUT2D eigenvalue weighted by molar-refractivity contribution is -0.145. The molecule has 6 amide bonds. The molecule has 24 heteroatoms. The van der Waals surface area contributed by atoms with Crippen molar-refractivity contribution in [2.24, 2.45) is 11.5 Å². The number of aliphatic hydroxyl groups excluding tert-OH is 3. The number of hydrogen-bond acceptors (Lipinski definition) is 16. The smallest absolute Gasteiger partial charge is 0.328 e. The van der Waals surface area contributed by atoms with E-state index in [4.69, 9.17) is 11.5 Å². The minimum Gasteiger partial charge on any atom is -0.508 e. The molecule has 2 heterocycles. The summed E-state index contributed by atoms with van der Waals surface area (Å²) in [4.78, 5) is 100. The van der Waals surface area contributed by atoms with Crippen LogP contribution >= 0.6 is 21.6 Å². The van der Waals surface area contributed by atoms with E-state index in [1.165, 1.54) is 19.1 Å². The summed E-state index contributed by atoms with van der Waals surface area (Å²) in [6.07, 6.45) is -2.47. The average molecular weight is 1050 g/mol. The van der Waals surface area contributed by atoms with Gasteiger partial charge in [0.2, 0.25) is 35.4 Å². The predicted octanol–water partition coefficient (Wildman–Crippen LogP) is -1.22. The number of carbonyl (C=O) groups is 7. The van der Waals surface area contributed by atoms with Crippen LogP contribution in [0.25, 0.3) is 10.9 Å². The lowest BCUT2D eigenvalue weighted by Crippen LogP contribution is -2.63. The lowest BCUT2D eigenvalue weighted by Gasteiger charge is -2.31. The maximum atomic E-state index is 14.7. The Morgan fingerprint density at radius 3 is 2.12 bits per heavy atom. The maximum absolute atomic E-state index is 14.7. The summed E-state index contributed by atoms with van der Waals surface area (Å²) >= 11 is 0. The summed E-state index contributed by atoms with van der Waals surface area (Å²) in [7, 11) is 1.90. The molecule has 3 aromatic carbocycles. The van der Waals surface area contributed by atoms with Gasteiger partial charge in [0.25, 0.3) is 0 Å². The number of aromatic hydroxyl groups is 1. The normalized spacial score (nSPS) is 23.6. The molecule has 17 N–H and O–H groups in total. The molecule has 0 radical (unpaired) electrons. The second-order valence-corrected chi connectivity index (χ2v) is 20.4. The van der Waals surface area contributed by atoms with Gasteiger partial charge in [0.15, 0.2) is 6.04 Å². The minimum atomic E-state index is -1.81.